The molecule has 1 aromatic heterocycles. The number of ether oxygens (including phenoxy) is 1. The van der Waals surface area contributed by atoms with E-state index in [1.165, 1.54) is 67.7 Å². The van der Waals surface area contributed by atoms with Gasteiger partial charge in [-0.2, -0.15) is 0 Å². The number of morpholine rings is 1. The highest BCUT2D eigenvalue weighted by Crippen LogP contribution is 2.64. The molecular weight excluding hydrogens is 416 g/mol. The fourth-order valence-electron chi connectivity index (χ4n) is 9.37. The van der Waals surface area contributed by atoms with Gasteiger partial charge in [0.15, 0.2) is 0 Å². The van der Waals surface area contributed by atoms with Gasteiger partial charge in [-0.3, -0.25) is 9.88 Å². The maximum Gasteiger partial charge on any atom is 0.0594 e. The summed E-state index contributed by atoms with van der Waals surface area (Å²) >= 11 is 0. The van der Waals surface area contributed by atoms with Crippen molar-refractivity contribution in [1.29, 1.82) is 0 Å². The topological polar surface area (TPSA) is 25.4 Å². The number of hydrogen-bond donors (Lipinski definition) is 0. The van der Waals surface area contributed by atoms with Crippen molar-refractivity contribution in [3.63, 3.8) is 0 Å². The standard InChI is InChI=1S/C31H40N2O/c1-31-12-10-27-26-7-5-25(33-14-16-34-17-15-33)19-22(26)4-6-28(27)30(31)9-8-29(31)23-3-2-21-11-13-32-20-24(21)18-23/h2-3,8,11,13,18,20,22,25-28,30H,4-7,9-10,12,14-17,19H2,1H3/t22-,25-,26-,27+,28?,30-,31+/m0/s1. The lowest BCUT2D eigenvalue weighted by molar-refractivity contribution is -0.0620. The van der Waals surface area contributed by atoms with E-state index in [2.05, 4.69) is 47.1 Å². The molecule has 2 heterocycles. The van der Waals surface area contributed by atoms with Crippen LogP contribution in [0.25, 0.3) is 16.3 Å². The van der Waals surface area contributed by atoms with Gasteiger partial charge in [-0.1, -0.05) is 25.1 Å². The molecule has 3 heteroatoms. The molecular formula is C31H40N2O. The van der Waals surface area contributed by atoms with Gasteiger partial charge < -0.3 is 4.74 Å². The average molecular weight is 457 g/mol. The van der Waals surface area contributed by atoms with Gasteiger partial charge in [-0.05, 0) is 115 Å². The lowest BCUT2D eigenvalue weighted by atomic mass is 9.49. The molecule has 0 radical (unpaired) electrons. The summed E-state index contributed by atoms with van der Waals surface area (Å²) in [4.78, 5) is 7.14. The Kier molecular flexibility index (Phi) is 5.36. The number of hydrogen-bond acceptors (Lipinski definition) is 3. The zero-order valence-corrected chi connectivity index (χ0v) is 20.8. The van der Waals surface area contributed by atoms with Gasteiger partial charge in [0.05, 0.1) is 13.2 Å². The van der Waals surface area contributed by atoms with Gasteiger partial charge in [-0.25, -0.2) is 0 Å². The van der Waals surface area contributed by atoms with Gasteiger partial charge >= 0.3 is 0 Å². The number of pyridine rings is 1. The van der Waals surface area contributed by atoms with E-state index in [1.807, 2.05) is 12.4 Å². The van der Waals surface area contributed by atoms with Gasteiger partial charge in [0.25, 0.3) is 0 Å². The Hall–Kier alpha value is -1.71. The van der Waals surface area contributed by atoms with Crippen LogP contribution in [0.15, 0.2) is 42.7 Å². The number of benzene rings is 1. The highest BCUT2D eigenvalue weighted by Gasteiger charge is 2.55. The Labute approximate surface area is 205 Å². The first-order valence-corrected chi connectivity index (χ1v) is 14.1. The maximum atomic E-state index is 5.63. The number of nitrogens with zero attached hydrogens (tertiary/aromatic N) is 2. The van der Waals surface area contributed by atoms with Gasteiger partial charge in [0.2, 0.25) is 0 Å². The highest BCUT2D eigenvalue weighted by atomic mass is 16.5. The van der Waals surface area contributed by atoms with Crippen LogP contribution < -0.4 is 0 Å². The van der Waals surface area contributed by atoms with Crippen molar-refractivity contribution in [1.82, 2.24) is 9.88 Å². The molecule has 34 heavy (non-hydrogen) atoms. The van der Waals surface area contributed by atoms with Crippen LogP contribution in [-0.2, 0) is 4.74 Å². The van der Waals surface area contributed by atoms with Crippen LogP contribution in [0.4, 0.5) is 0 Å². The van der Waals surface area contributed by atoms with Crippen LogP contribution in [0.3, 0.4) is 0 Å². The Balaban J connectivity index is 1.09. The quantitative estimate of drug-likeness (QED) is 0.510. The first-order valence-electron chi connectivity index (χ1n) is 14.1. The second-order valence-corrected chi connectivity index (χ2v) is 12.3. The van der Waals surface area contributed by atoms with Crippen molar-refractivity contribution >= 4 is 16.3 Å². The molecule has 2 aromatic rings. The zero-order valence-electron chi connectivity index (χ0n) is 20.8. The molecule has 3 saturated carbocycles. The fraction of sp³-hybridized carbons (Fsp3) is 0.645. The normalized spacial score (nSPS) is 40.3. The van der Waals surface area contributed by atoms with Gasteiger partial charge in [-0.15, -0.1) is 0 Å². The van der Waals surface area contributed by atoms with E-state index in [9.17, 15) is 0 Å². The number of fused-ring (bicyclic) bond motifs is 6. The second-order valence-electron chi connectivity index (χ2n) is 12.3. The van der Waals surface area contributed by atoms with Crippen molar-refractivity contribution < 1.29 is 4.74 Å². The van der Waals surface area contributed by atoms with Crippen molar-refractivity contribution in [3.05, 3.63) is 48.3 Å². The summed E-state index contributed by atoms with van der Waals surface area (Å²) in [7, 11) is 0. The van der Waals surface area contributed by atoms with Crippen LogP contribution in [0.5, 0.6) is 0 Å². The minimum atomic E-state index is 0.356. The highest BCUT2D eigenvalue weighted by molar-refractivity contribution is 5.86. The third kappa shape index (κ3) is 3.41. The van der Waals surface area contributed by atoms with Crippen LogP contribution in [-0.4, -0.2) is 42.2 Å². The molecule has 0 spiro atoms. The average Bonchev–Trinajstić information content (AvgIpc) is 3.25. The Morgan fingerprint density at radius 1 is 0.941 bits per heavy atom. The molecule has 180 valence electrons. The van der Waals surface area contributed by atoms with E-state index >= 15 is 0 Å². The molecule has 0 N–H and O–H groups in total. The second kappa shape index (κ2) is 8.45. The summed E-state index contributed by atoms with van der Waals surface area (Å²) in [5, 5.41) is 2.58. The minimum Gasteiger partial charge on any atom is -0.379 e. The summed E-state index contributed by atoms with van der Waals surface area (Å²) in [5.74, 6) is 4.75. The summed E-state index contributed by atoms with van der Waals surface area (Å²) in [6.07, 6.45) is 18.0. The third-order valence-corrected chi connectivity index (χ3v) is 11.0. The summed E-state index contributed by atoms with van der Waals surface area (Å²) < 4.78 is 5.63. The molecule has 1 unspecified atom stereocenters. The van der Waals surface area contributed by atoms with Crippen LogP contribution in [0.2, 0.25) is 0 Å². The molecule has 4 aliphatic carbocycles. The van der Waals surface area contributed by atoms with E-state index in [-0.39, 0.29) is 0 Å². The SMILES string of the molecule is C[C@]12CC[C@H]3C(CC[C@H]4C[C@@H](N5CCOCC5)CC[C@@H]43)[C@@H]1CC=C2c1ccc2ccncc2c1. The summed E-state index contributed by atoms with van der Waals surface area (Å²) in [6, 6.07) is 10.0. The predicted octanol–water partition coefficient (Wildman–Crippen LogP) is 6.58. The van der Waals surface area contributed by atoms with Crippen LogP contribution in [0, 0.1) is 35.0 Å². The first kappa shape index (κ1) is 21.6. The molecule has 7 rings (SSSR count). The predicted molar refractivity (Wildman–Crippen MR) is 138 cm³/mol. The molecule has 0 amide bonds. The van der Waals surface area contributed by atoms with Crippen molar-refractivity contribution in [3.8, 4) is 0 Å². The molecule has 4 fully saturated rings. The Morgan fingerprint density at radius 3 is 2.74 bits per heavy atom. The lowest BCUT2D eigenvalue weighted by Crippen LogP contribution is -2.51. The summed E-state index contributed by atoms with van der Waals surface area (Å²) in [6.45, 7) is 6.82. The zero-order chi connectivity index (χ0) is 22.7. The van der Waals surface area contributed by atoms with Gasteiger partial charge in [0, 0.05) is 36.9 Å². The van der Waals surface area contributed by atoms with E-state index in [0.717, 1.165) is 61.9 Å². The fourth-order valence-corrected chi connectivity index (χ4v) is 9.37. The molecule has 7 atom stereocenters. The Morgan fingerprint density at radius 2 is 1.82 bits per heavy atom. The van der Waals surface area contributed by atoms with Crippen molar-refractivity contribution in [2.24, 2.45) is 35.0 Å². The smallest absolute Gasteiger partial charge is 0.0594 e. The Bertz CT molecular complexity index is 1090. The molecule has 1 aromatic carbocycles. The monoisotopic (exact) mass is 456 g/mol. The number of allylic oxidation sites excluding steroid dienone is 2. The largest absolute Gasteiger partial charge is 0.379 e. The molecule has 3 nitrogen and oxygen atoms in total. The third-order valence-electron chi connectivity index (χ3n) is 11.0. The van der Waals surface area contributed by atoms with E-state index in [1.54, 1.807) is 5.57 Å². The molecule has 1 aliphatic heterocycles. The maximum absolute atomic E-state index is 5.63. The first-order chi connectivity index (χ1) is 16.7. The molecule has 5 aliphatic rings. The number of aromatic nitrogens is 1. The minimum absolute atomic E-state index is 0.356. The summed E-state index contributed by atoms with van der Waals surface area (Å²) in [5.41, 5.74) is 3.44. The van der Waals surface area contributed by atoms with Crippen molar-refractivity contribution in [2.75, 3.05) is 26.3 Å². The lowest BCUT2D eigenvalue weighted by Gasteiger charge is -2.56. The van der Waals surface area contributed by atoms with Crippen LogP contribution >= 0.6 is 0 Å². The molecule has 1 saturated heterocycles. The number of rotatable bonds is 2. The van der Waals surface area contributed by atoms with Crippen LogP contribution in [0.1, 0.15) is 63.9 Å². The van der Waals surface area contributed by atoms with Crippen molar-refractivity contribution in [2.45, 2.75) is 64.3 Å². The van der Waals surface area contributed by atoms with E-state index < -0.39 is 0 Å². The van der Waals surface area contributed by atoms with E-state index in [4.69, 9.17) is 4.74 Å². The van der Waals surface area contributed by atoms with E-state index in [0.29, 0.717) is 5.41 Å². The van der Waals surface area contributed by atoms with Gasteiger partial charge in [0.1, 0.15) is 0 Å². The molecule has 0 bridgehead atoms.